The fourth-order valence-corrected chi connectivity index (χ4v) is 7.02. The van der Waals surface area contributed by atoms with Gasteiger partial charge in [-0.15, -0.1) is 0 Å². The van der Waals surface area contributed by atoms with E-state index < -0.39 is 17.5 Å². The number of nitrogens with zero attached hydrogens (tertiary/aromatic N) is 4. The van der Waals surface area contributed by atoms with Gasteiger partial charge in [0.2, 0.25) is 5.82 Å². The molecule has 5 aromatic carbocycles. The summed E-state index contributed by atoms with van der Waals surface area (Å²) in [6.45, 7) is -0.313. The first-order valence-electron chi connectivity index (χ1n) is 16.2. The first kappa shape index (κ1) is 31.2. The van der Waals surface area contributed by atoms with Crippen molar-refractivity contribution in [2.45, 2.75) is 11.6 Å². The molecule has 0 saturated carbocycles. The second kappa shape index (κ2) is 13.1. The predicted octanol–water partition coefficient (Wildman–Crippen LogP) is 7.93. The monoisotopic (exact) mass is 674 g/mol. The molecule has 8 nitrogen and oxygen atoms in total. The second-order valence-electron chi connectivity index (χ2n) is 12.0. The Kier molecular flexibility index (Phi) is 8.16. The number of H-pyrrole nitrogens is 1. The number of aromatic amines is 1. The van der Waals surface area contributed by atoms with Crippen molar-refractivity contribution in [2.24, 2.45) is 0 Å². The van der Waals surface area contributed by atoms with Crippen LogP contribution in [0.25, 0.3) is 33.2 Å². The van der Waals surface area contributed by atoms with Crippen molar-refractivity contribution in [3.63, 3.8) is 0 Å². The van der Waals surface area contributed by atoms with Crippen LogP contribution in [0.4, 0.5) is 0 Å². The fraction of sp³-hybridized carbons (Fsp3) is 0.0732. The number of amides is 1. The third kappa shape index (κ3) is 5.41. The molecule has 0 aliphatic heterocycles. The van der Waals surface area contributed by atoms with Gasteiger partial charge >= 0.3 is 0 Å². The van der Waals surface area contributed by atoms with Crippen molar-refractivity contribution in [3.8, 4) is 11.3 Å². The highest BCUT2D eigenvalue weighted by molar-refractivity contribution is 6.30. The summed E-state index contributed by atoms with van der Waals surface area (Å²) in [5.74, 6) is -0.490. The number of aromatic nitrogens is 5. The smallest absolute Gasteiger partial charge is 0.289 e. The lowest BCUT2D eigenvalue weighted by molar-refractivity contribution is 0.0907. The van der Waals surface area contributed by atoms with E-state index in [1.165, 1.54) is 0 Å². The largest absolute Gasteiger partial charge is 0.394 e. The number of aliphatic hydroxyl groups excluding tert-OH is 1. The molecule has 0 spiro atoms. The lowest BCUT2D eigenvalue weighted by atomic mass is 9.77. The van der Waals surface area contributed by atoms with E-state index >= 15 is 0 Å². The summed E-state index contributed by atoms with van der Waals surface area (Å²) in [4.78, 5) is 27.2. The van der Waals surface area contributed by atoms with E-state index in [2.05, 4.69) is 97.9 Å². The summed E-state index contributed by atoms with van der Waals surface area (Å²) < 4.78 is 2.20. The number of pyridine rings is 1. The molecule has 0 unspecified atom stereocenters. The molecule has 244 valence electrons. The average molecular weight is 675 g/mol. The molecule has 9 heteroatoms. The van der Waals surface area contributed by atoms with Crippen LogP contribution in [0.15, 0.2) is 152 Å². The molecule has 1 amide bonds. The number of halogens is 1. The van der Waals surface area contributed by atoms with Gasteiger partial charge in [0.15, 0.2) is 0 Å². The van der Waals surface area contributed by atoms with Crippen LogP contribution in [0.3, 0.4) is 0 Å². The standard InChI is InChI=1S/C41H31ClN6O2/c42-32-18-10-11-28(23-32)36(26-49)46-40(50)39-44-34-24-33-37(25-35(34)45-39)48(47-38(33)27-19-21-43-22-20-27)41(29-12-4-1-5-13-29,30-14-6-2-7-15-30)31-16-8-3-9-17-31/h1-25,36,47,49H,26H2,(H,46,50)/t36-/m1/s1. The van der Waals surface area contributed by atoms with Crippen LogP contribution in [-0.2, 0) is 5.54 Å². The minimum Gasteiger partial charge on any atom is -0.394 e. The Hall–Kier alpha value is -6.09. The zero-order valence-corrected chi connectivity index (χ0v) is 27.5. The number of aliphatic hydroxyl groups is 1. The number of carbonyl (C=O) groups excluding carboxylic acids is 1. The molecule has 8 aromatic rings. The number of benzene rings is 5. The molecule has 0 fully saturated rings. The van der Waals surface area contributed by atoms with Crippen LogP contribution in [0.1, 0.15) is 38.9 Å². The third-order valence-corrected chi connectivity index (χ3v) is 9.34. The van der Waals surface area contributed by atoms with Gasteiger partial charge < -0.3 is 10.4 Å². The van der Waals surface area contributed by atoms with Crippen LogP contribution in [0.5, 0.6) is 0 Å². The highest BCUT2D eigenvalue weighted by Gasteiger charge is 2.40. The van der Waals surface area contributed by atoms with E-state index in [4.69, 9.17) is 16.6 Å². The summed E-state index contributed by atoms with van der Waals surface area (Å²) in [6, 6.07) is 45.5. The molecule has 0 saturated heterocycles. The molecule has 1 atom stereocenters. The van der Waals surface area contributed by atoms with Gasteiger partial charge in [-0.25, -0.2) is 9.97 Å². The quantitative estimate of drug-likeness (QED) is 0.135. The van der Waals surface area contributed by atoms with E-state index in [1.54, 1.807) is 36.7 Å². The molecular weight excluding hydrogens is 644 g/mol. The Morgan fingerprint density at radius 3 is 1.90 bits per heavy atom. The molecule has 8 rings (SSSR count). The maximum Gasteiger partial charge on any atom is 0.289 e. The predicted molar refractivity (Wildman–Crippen MR) is 196 cm³/mol. The number of imidazole rings is 1. The number of hydrogen-bond acceptors (Lipinski definition) is 5. The van der Waals surface area contributed by atoms with Crippen molar-refractivity contribution in [1.82, 2.24) is 30.0 Å². The third-order valence-electron chi connectivity index (χ3n) is 9.10. The SMILES string of the molecule is O=C(N[C@H](CO)c1cccc(Cl)c1)c1nc2cc3c(-c4ccncc4)[nH]n(C(c4ccccc4)(c4ccccc4)c4ccccc4)c3cc2n1. The minimum atomic E-state index is -0.841. The van der Waals surface area contributed by atoms with Crippen molar-refractivity contribution in [1.29, 1.82) is 0 Å². The number of hydrogen-bond donors (Lipinski definition) is 3. The zero-order valence-electron chi connectivity index (χ0n) is 26.7. The second-order valence-corrected chi connectivity index (χ2v) is 12.5. The van der Waals surface area contributed by atoms with Crippen molar-refractivity contribution >= 4 is 39.4 Å². The number of fused-ring (bicyclic) bond motifs is 2. The van der Waals surface area contributed by atoms with Gasteiger partial charge in [0.1, 0.15) is 5.54 Å². The molecule has 3 N–H and O–H groups in total. The van der Waals surface area contributed by atoms with Crippen LogP contribution < -0.4 is 5.32 Å². The van der Waals surface area contributed by atoms with Crippen molar-refractivity contribution < 1.29 is 9.90 Å². The van der Waals surface area contributed by atoms with E-state index in [9.17, 15) is 9.90 Å². The molecule has 0 aliphatic carbocycles. The Morgan fingerprint density at radius 1 is 0.760 bits per heavy atom. The molecule has 50 heavy (non-hydrogen) atoms. The number of carbonyl (C=O) groups is 1. The topological polar surface area (TPSA) is 109 Å². The number of nitrogens with one attached hydrogen (secondary N) is 2. The van der Waals surface area contributed by atoms with E-state index in [0.29, 0.717) is 21.6 Å². The van der Waals surface area contributed by atoms with Crippen molar-refractivity contribution in [3.05, 3.63) is 185 Å². The summed E-state index contributed by atoms with van der Waals surface area (Å²) in [7, 11) is 0. The van der Waals surface area contributed by atoms with Crippen LogP contribution >= 0.6 is 11.6 Å². The van der Waals surface area contributed by atoms with Gasteiger partial charge in [0, 0.05) is 28.4 Å². The van der Waals surface area contributed by atoms with Gasteiger partial charge in [-0.05, 0) is 58.7 Å². The van der Waals surface area contributed by atoms with E-state index in [0.717, 1.165) is 38.9 Å². The van der Waals surface area contributed by atoms with E-state index in [1.807, 2.05) is 42.5 Å². The number of rotatable bonds is 9. The fourth-order valence-electron chi connectivity index (χ4n) is 6.83. The molecule has 3 aromatic heterocycles. The van der Waals surface area contributed by atoms with E-state index in [-0.39, 0.29) is 12.4 Å². The molecular formula is C41H31ClN6O2. The summed E-state index contributed by atoms with van der Waals surface area (Å²) in [6.07, 6.45) is 3.54. The van der Waals surface area contributed by atoms with Gasteiger partial charge in [-0.2, -0.15) is 0 Å². The highest BCUT2D eigenvalue weighted by atomic mass is 35.5. The Balaban J connectivity index is 1.37. The van der Waals surface area contributed by atoms with Gasteiger partial charge in [0.05, 0.1) is 34.9 Å². The molecule has 0 radical (unpaired) electrons. The average Bonchev–Trinajstić information content (AvgIpc) is 3.76. The van der Waals surface area contributed by atoms with Gasteiger partial charge in [-0.3, -0.25) is 19.6 Å². The summed E-state index contributed by atoms with van der Waals surface area (Å²) in [5.41, 5.74) is 6.79. The first-order chi connectivity index (χ1) is 24.6. The molecule has 3 heterocycles. The first-order valence-corrected chi connectivity index (χ1v) is 16.6. The maximum absolute atomic E-state index is 13.5. The normalized spacial score (nSPS) is 12.3. The van der Waals surface area contributed by atoms with Gasteiger partial charge in [0.25, 0.3) is 5.91 Å². The van der Waals surface area contributed by atoms with Crippen LogP contribution in [0, 0.1) is 0 Å². The molecule has 0 bridgehead atoms. The van der Waals surface area contributed by atoms with Crippen molar-refractivity contribution in [2.75, 3.05) is 6.61 Å². The molecule has 0 aliphatic rings. The van der Waals surface area contributed by atoms with Crippen LogP contribution in [-0.4, -0.2) is 42.4 Å². The lowest BCUT2D eigenvalue weighted by Gasteiger charge is -2.37. The summed E-state index contributed by atoms with van der Waals surface area (Å²) >= 11 is 6.19. The zero-order chi connectivity index (χ0) is 34.1. The Labute approximate surface area is 293 Å². The van der Waals surface area contributed by atoms with Gasteiger partial charge in [-0.1, -0.05) is 115 Å². The Bertz CT molecular complexity index is 2330. The Morgan fingerprint density at radius 2 is 1.34 bits per heavy atom. The lowest BCUT2D eigenvalue weighted by Crippen LogP contribution is -2.38. The van der Waals surface area contributed by atoms with Crippen LogP contribution in [0.2, 0.25) is 5.02 Å². The highest BCUT2D eigenvalue weighted by Crippen LogP contribution is 2.44. The maximum atomic E-state index is 13.5. The minimum absolute atomic E-state index is 0.00885. The summed E-state index contributed by atoms with van der Waals surface area (Å²) in [5, 5.41) is 18.2.